The molecule has 4 rings (SSSR count). The highest BCUT2D eigenvalue weighted by Crippen LogP contribution is 2.48. The number of halogens is 1. The van der Waals surface area contributed by atoms with Crippen LogP contribution in [0.5, 0.6) is 0 Å². The lowest BCUT2D eigenvalue weighted by Crippen LogP contribution is -2.26. The van der Waals surface area contributed by atoms with Gasteiger partial charge in [0, 0.05) is 46.9 Å². The maximum atomic E-state index is 12.8. The Balaban J connectivity index is 1.55. The van der Waals surface area contributed by atoms with Crippen molar-refractivity contribution in [2.45, 2.75) is 31.3 Å². The zero-order chi connectivity index (χ0) is 18.5. The normalized spacial score (nSPS) is 17.7. The second-order valence-electron chi connectivity index (χ2n) is 7.90. The molecule has 0 saturated heterocycles. The van der Waals surface area contributed by atoms with E-state index in [2.05, 4.69) is 43.3 Å². The van der Waals surface area contributed by atoms with Crippen molar-refractivity contribution in [1.29, 1.82) is 0 Å². The zero-order valence-electron chi connectivity index (χ0n) is 15.3. The first-order valence-corrected chi connectivity index (χ1v) is 9.37. The van der Waals surface area contributed by atoms with E-state index < -0.39 is 0 Å². The van der Waals surface area contributed by atoms with E-state index in [-0.39, 0.29) is 11.3 Å². The minimum atomic E-state index is 0.00836. The number of likely N-dealkylation sites (N-methyl/N-ethyl adjacent to an activating group) is 1. The monoisotopic (exact) mass is 369 g/mol. The number of hydrogen-bond donors (Lipinski definition) is 1. The molecule has 4 nitrogen and oxygen atoms in total. The van der Waals surface area contributed by atoms with Gasteiger partial charge in [0.15, 0.2) is 0 Å². The summed E-state index contributed by atoms with van der Waals surface area (Å²) in [5, 5.41) is 0.512. The smallest absolute Gasteiger partial charge is 0.254 e. The third kappa shape index (κ3) is 3.08. The van der Waals surface area contributed by atoms with Gasteiger partial charge in [-0.15, -0.1) is 0 Å². The van der Waals surface area contributed by atoms with E-state index in [0.717, 1.165) is 12.1 Å². The summed E-state index contributed by atoms with van der Waals surface area (Å²) in [4.78, 5) is 16.9. The van der Waals surface area contributed by atoms with E-state index in [1.807, 2.05) is 4.90 Å². The molecule has 1 amide bonds. The summed E-state index contributed by atoms with van der Waals surface area (Å²) < 4.78 is 0. The molecule has 2 aromatic rings. The molecular weight excluding hydrogens is 346 g/mol. The zero-order valence-corrected chi connectivity index (χ0v) is 16.0. The average Bonchev–Trinajstić information content (AvgIpc) is 3.29. The van der Waals surface area contributed by atoms with E-state index in [0.29, 0.717) is 29.4 Å². The number of carbonyl (C=O) groups is 1. The molecule has 2 N–H and O–H groups in total. The Morgan fingerprint density at radius 2 is 2.00 bits per heavy atom. The van der Waals surface area contributed by atoms with E-state index in [9.17, 15) is 4.79 Å². The Morgan fingerprint density at radius 3 is 2.69 bits per heavy atom. The fourth-order valence-corrected chi connectivity index (χ4v) is 4.33. The minimum absolute atomic E-state index is 0.00836. The van der Waals surface area contributed by atoms with Crippen molar-refractivity contribution in [3.8, 4) is 0 Å². The van der Waals surface area contributed by atoms with Crippen LogP contribution in [-0.4, -0.2) is 36.3 Å². The number of anilines is 1. The lowest BCUT2D eigenvalue weighted by molar-refractivity contribution is 0.0767. The second kappa shape index (κ2) is 6.29. The summed E-state index contributed by atoms with van der Waals surface area (Å²) in [6.45, 7) is 2.21. The number of nitrogens with zero attached hydrogens (tertiary/aromatic N) is 2. The summed E-state index contributed by atoms with van der Waals surface area (Å²) in [5.74, 6) is 0.00836. The van der Waals surface area contributed by atoms with Crippen molar-refractivity contribution in [3.63, 3.8) is 0 Å². The van der Waals surface area contributed by atoms with Crippen molar-refractivity contribution in [3.05, 3.63) is 63.7 Å². The number of fused-ring (bicyclic) bond motifs is 1. The Bertz CT molecular complexity index is 874. The number of carbonyl (C=O) groups excluding carboxylic acids is 1. The molecule has 0 radical (unpaired) electrons. The molecule has 1 heterocycles. The summed E-state index contributed by atoms with van der Waals surface area (Å²) in [7, 11) is 4.25. The molecule has 0 aromatic heterocycles. The maximum absolute atomic E-state index is 12.8. The van der Waals surface area contributed by atoms with Crippen LogP contribution in [0.4, 0.5) is 5.69 Å². The Labute approximate surface area is 159 Å². The summed E-state index contributed by atoms with van der Waals surface area (Å²) in [6.07, 6.45) is 2.47. The molecule has 0 spiro atoms. The van der Waals surface area contributed by atoms with Crippen molar-refractivity contribution < 1.29 is 4.79 Å². The van der Waals surface area contributed by atoms with Crippen LogP contribution in [-0.2, 0) is 18.5 Å². The lowest BCUT2D eigenvalue weighted by Gasteiger charge is -2.22. The van der Waals surface area contributed by atoms with Gasteiger partial charge in [-0.05, 0) is 50.2 Å². The van der Waals surface area contributed by atoms with Crippen molar-refractivity contribution in [2.24, 2.45) is 0 Å². The van der Waals surface area contributed by atoms with Gasteiger partial charge in [0.05, 0.1) is 0 Å². The lowest BCUT2D eigenvalue weighted by atomic mass is 9.94. The SMILES string of the molecule is CN(C)CC1(c2cccc(CN3Cc4c(N)cc(Cl)cc4C3=O)c2)CC1. The number of hydrogen-bond acceptors (Lipinski definition) is 3. The van der Waals surface area contributed by atoms with Crippen molar-refractivity contribution in [2.75, 3.05) is 26.4 Å². The average molecular weight is 370 g/mol. The standard InChI is InChI=1S/C21H24ClN3O/c1-24(2)13-21(6-7-21)15-5-3-4-14(8-15)11-25-12-18-17(20(25)26)9-16(22)10-19(18)23/h3-5,8-10H,6-7,11-13,23H2,1-2H3. The highest BCUT2D eigenvalue weighted by molar-refractivity contribution is 6.31. The number of amides is 1. The first kappa shape index (κ1) is 17.4. The summed E-state index contributed by atoms with van der Waals surface area (Å²) >= 11 is 6.07. The highest BCUT2D eigenvalue weighted by atomic mass is 35.5. The third-order valence-electron chi connectivity index (χ3n) is 5.50. The number of rotatable bonds is 5. The summed E-state index contributed by atoms with van der Waals surface area (Å²) in [5.41, 5.74) is 11.0. The molecule has 5 heteroatoms. The van der Waals surface area contributed by atoms with Crippen molar-refractivity contribution >= 4 is 23.2 Å². The van der Waals surface area contributed by atoms with Crippen LogP contribution in [0.2, 0.25) is 5.02 Å². The van der Waals surface area contributed by atoms with E-state index in [4.69, 9.17) is 17.3 Å². The number of nitrogen functional groups attached to an aromatic ring is 1. The Morgan fingerprint density at radius 1 is 1.23 bits per heavy atom. The molecule has 136 valence electrons. The Kier molecular flexibility index (Phi) is 4.20. The molecule has 0 atom stereocenters. The van der Waals surface area contributed by atoms with Gasteiger partial charge in [0.1, 0.15) is 0 Å². The molecule has 2 aromatic carbocycles. The molecular formula is C21H24ClN3O. The highest BCUT2D eigenvalue weighted by Gasteiger charge is 2.44. The first-order valence-electron chi connectivity index (χ1n) is 8.99. The molecule has 1 aliphatic carbocycles. The largest absolute Gasteiger partial charge is 0.398 e. The quantitative estimate of drug-likeness (QED) is 0.818. The summed E-state index contributed by atoms with van der Waals surface area (Å²) in [6, 6.07) is 12.1. The van der Waals surface area contributed by atoms with Gasteiger partial charge in [-0.2, -0.15) is 0 Å². The van der Waals surface area contributed by atoms with Gasteiger partial charge in [-0.3, -0.25) is 4.79 Å². The van der Waals surface area contributed by atoms with Crippen LogP contribution in [0.3, 0.4) is 0 Å². The van der Waals surface area contributed by atoms with Crippen LogP contribution in [0.15, 0.2) is 36.4 Å². The topological polar surface area (TPSA) is 49.6 Å². The third-order valence-corrected chi connectivity index (χ3v) is 5.72. The molecule has 0 unspecified atom stereocenters. The molecule has 1 saturated carbocycles. The molecule has 2 aliphatic rings. The second-order valence-corrected chi connectivity index (χ2v) is 8.34. The van der Waals surface area contributed by atoms with Crippen molar-refractivity contribution in [1.82, 2.24) is 9.80 Å². The van der Waals surface area contributed by atoms with Gasteiger partial charge < -0.3 is 15.5 Å². The van der Waals surface area contributed by atoms with E-state index in [1.54, 1.807) is 12.1 Å². The van der Waals surface area contributed by atoms with Crippen LogP contribution >= 0.6 is 11.6 Å². The number of nitrogens with two attached hydrogens (primary N) is 1. The van der Waals surface area contributed by atoms with Crippen LogP contribution < -0.4 is 5.73 Å². The van der Waals surface area contributed by atoms with E-state index >= 15 is 0 Å². The fraction of sp³-hybridized carbons (Fsp3) is 0.381. The maximum Gasteiger partial charge on any atom is 0.254 e. The van der Waals surface area contributed by atoms with Crippen LogP contribution in [0, 0.1) is 0 Å². The molecule has 0 bridgehead atoms. The van der Waals surface area contributed by atoms with Gasteiger partial charge in [-0.25, -0.2) is 0 Å². The van der Waals surface area contributed by atoms with Gasteiger partial charge >= 0.3 is 0 Å². The molecule has 1 fully saturated rings. The first-order chi connectivity index (χ1) is 12.4. The molecule has 26 heavy (non-hydrogen) atoms. The fourth-order valence-electron chi connectivity index (χ4n) is 4.10. The van der Waals surface area contributed by atoms with Gasteiger partial charge in [0.2, 0.25) is 0 Å². The molecule has 1 aliphatic heterocycles. The van der Waals surface area contributed by atoms with Gasteiger partial charge in [-0.1, -0.05) is 35.9 Å². The number of benzene rings is 2. The predicted molar refractivity (Wildman–Crippen MR) is 105 cm³/mol. The van der Waals surface area contributed by atoms with Crippen LogP contribution in [0.25, 0.3) is 0 Å². The minimum Gasteiger partial charge on any atom is -0.398 e. The van der Waals surface area contributed by atoms with Crippen LogP contribution in [0.1, 0.15) is 39.9 Å². The van der Waals surface area contributed by atoms with E-state index in [1.165, 1.54) is 24.0 Å². The Hall–Kier alpha value is -2.04. The predicted octanol–water partition coefficient (Wildman–Crippen LogP) is 3.67. The van der Waals surface area contributed by atoms with Gasteiger partial charge in [0.25, 0.3) is 5.91 Å².